The molecule has 17 heavy (non-hydrogen) atoms. The first-order valence-electron chi connectivity index (χ1n) is 5.36. The Morgan fingerprint density at radius 3 is 2.94 bits per heavy atom. The highest BCUT2D eigenvalue weighted by atomic mass is 16.5. The molecule has 0 saturated heterocycles. The number of nitriles is 1. The SMILES string of the molecule is CCc1cc(Oc2cc[c]cn2)ccc1C#N. The maximum atomic E-state index is 8.92. The fourth-order valence-electron chi connectivity index (χ4n) is 1.52. The minimum absolute atomic E-state index is 0.524. The molecule has 2 rings (SSSR count). The van der Waals surface area contributed by atoms with Gasteiger partial charge in [-0.15, -0.1) is 0 Å². The van der Waals surface area contributed by atoms with Crippen LogP contribution in [0.5, 0.6) is 11.6 Å². The van der Waals surface area contributed by atoms with Crippen LogP contribution in [0.2, 0.25) is 0 Å². The second-order valence-electron chi connectivity index (χ2n) is 3.48. The second-order valence-corrected chi connectivity index (χ2v) is 3.48. The molecule has 1 radical (unpaired) electrons. The van der Waals surface area contributed by atoms with E-state index in [-0.39, 0.29) is 0 Å². The zero-order valence-electron chi connectivity index (χ0n) is 9.47. The number of aryl methyl sites for hydroxylation is 1. The van der Waals surface area contributed by atoms with Gasteiger partial charge in [-0.25, -0.2) is 4.98 Å². The molecule has 0 N–H and O–H groups in total. The summed E-state index contributed by atoms with van der Waals surface area (Å²) in [5.74, 6) is 1.22. The van der Waals surface area contributed by atoms with E-state index in [4.69, 9.17) is 10.00 Å². The van der Waals surface area contributed by atoms with E-state index in [0.717, 1.165) is 12.0 Å². The largest absolute Gasteiger partial charge is 0.439 e. The van der Waals surface area contributed by atoms with Crippen LogP contribution in [0.1, 0.15) is 18.1 Å². The highest BCUT2D eigenvalue weighted by molar-refractivity contribution is 5.43. The molecule has 0 saturated carbocycles. The number of hydrogen-bond donors (Lipinski definition) is 0. The number of rotatable bonds is 3. The van der Waals surface area contributed by atoms with Crippen molar-refractivity contribution in [2.24, 2.45) is 0 Å². The third-order valence-electron chi connectivity index (χ3n) is 2.39. The Labute approximate surface area is 100 Å². The minimum atomic E-state index is 0.524. The molecule has 3 heteroatoms. The fraction of sp³-hybridized carbons (Fsp3) is 0.143. The van der Waals surface area contributed by atoms with Gasteiger partial charge in [-0.05, 0) is 36.2 Å². The van der Waals surface area contributed by atoms with Gasteiger partial charge in [0.2, 0.25) is 5.88 Å². The van der Waals surface area contributed by atoms with E-state index in [1.54, 1.807) is 30.5 Å². The average Bonchev–Trinajstić information content (AvgIpc) is 2.40. The molecule has 1 aromatic heterocycles. The molecule has 83 valence electrons. The molecule has 0 amide bonds. The van der Waals surface area contributed by atoms with Crippen LogP contribution < -0.4 is 4.74 Å². The Kier molecular flexibility index (Phi) is 3.37. The van der Waals surface area contributed by atoms with E-state index in [0.29, 0.717) is 17.2 Å². The van der Waals surface area contributed by atoms with Crippen LogP contribution in [0.15, 0.2) is 36.5 Å². The van der Waals surface area contributed by atoms with Crippen LogP contribution in [0.25, 0.3) is 0 Å². The monoisotopic (exact) mass is 223 g/mol. The van der Waals surface area contributed by atoms with Crippen LogP contribution in [-0.2, 0) is 6.42 Å². The predicted octanol–water partition coefficient (Wildman–Crippen LogP) is 3.11. The fourth-order valence-corrected chi connectivity index (χ4v) is 1.52. The number of nitrogens with zero attached hydrogens (tertiary/aromatic N) is 2. The van der Waals surface area contributed by atoms with Crippen LogP contribution in [0.4, 0.5) is 0 Å². The number of hydrogen-bond acceptors (Lipinski definition) is 3. The molecule has 0 aliphatic heterocycles. The number of pyridine rings is 1. The lowest BCUT2D eigenvalue weighted by molar-refractivity contribution is 0.462. The van der Waals surface area contributed by atoms with Crippen molar-refractivity contribution in [3.05, 3.63) is 53.7 Å². The molecular weight excluding hydrogens is 212 g/mol. The molecule has 1 heterocycles. The number of aromatic nitrogens is 1. The lowest BCUT2D eigenvalue weighted by Gasteiger charge is -2.06. The van der Waals surface area contributed by atoms with E-state index in [9.17, 15) is 0 Å². The number of ether oxygens (including phenoxy) is 1. The van der Waals surface area contributed by atoms with Crippen molar-refractivity contribution in [2.75, 3.05) is 0 Å². The Balaban J connectivity index is 2.26. The van der Waals surface area contributed by atoms with Gasteiger partial charge in [0.25, 0.3) is 0 Å². The number of benzene rings is 1. The van der Waals surface area contributed by atoms with Gasteiger partial charge in [0.05, 0.1) is 11.6 Å². The molecule has 0 atom stereocenters. The van der Waals surface area contributed by atoms with Crippen LogP contribution in [0.3, 0.4) is 0 Å². The predicted molar refractivity (Wildman–Crippen MR) is 63.7 cm³/mol. The van der Waals surface area contributed by atoms with Crippen LogP contribution in [-0.4, -0.2) is 4.98 Å². The van der Waals surface area contributed by atoms with E-state index < -0.39 is 0 Å². The average molecular weight is 223 g/mol. The van der Waals surface area contributed by atoms with E-state index in [1.807, 2.05) is 13.0 Å². The topological polar surface area (TPSA) is 45.9 Å². The van der Waals surface area contributed by atoms with Crippen molar-refractivity contribution >= 4 is 0 Å². The highest BCUT2D eigenvalue weighted by Crippen LogP contribution is 2.22. The molecule has 3 nitrogen and oxygen atoms in total. The standard InChI is InChI=1S/C14H11N2O/c1-2-11-9-13(7-6-12(11)10-15)17-14-5-3-4-8-16-14/h3,5-9H,2H2,1H3. The van der Waals surface area contributed by atoms with Crippen molar-refractivity contribution in [3.63, 3.8) is 0 Å². The normalized spacial score (nSPS) is 9.65. The summed E-state index contributed by atoms with van der Waals surface area (Å²) in [7, 11) is 0. The van der Waals surface area contributed by atoms with E-state index in [1.165, 1.54) is 0 Å². The first kappa shape index (κ1) is 11.2. The van der Waals surface area contributed by atoms with Crippen LogP contribution >= 0.6 is 0 Å². The first-order chi connectivity index (χ1) is 8.33. The van der Waals surface area contributed by atoms with Crippen molar-refractivity contribution in [3.8, 4) is 17.7 Å². The lowest BCUT2D eigenvalue weighted by atomic mass is 10.1. The zero-order chi connectivity index (χ0) is 12.1. The van der Waals surface area contributed by atoms with Crippen molar-refractivity contribution in [1.82, 2.24) is 4.98 Å². The maximum Gasteiger partial charge on any atom is 0.219 e. The summed E-state index contributed by atoms with van der Waals surface area (Å²) in [5.41, 5.74) is 1.67. The Hall–Kier alpha value is -2.34. The molecular formula is C14H11N2O. The highest BCUT2D eigenvalue weighted by Gasteiger charge is 2.03. The third-order valence-corrected chi connectivity index (χ3v) is 2.39. The summed E-state index contributed by atoms with van der Waals surface area (Å²) in [5, 5.41) is 8.92. The summed E-state index contributed by atoms with van der Waals surface area (Å²) in [6, 6.07) is 13.9. The van der Waals surface area contributed by atoms with Crippen molar-refractivity contribution in [1.29, 1.82) is 5.26 Å². The molecule has 1 aromatic carbocycles. The van der Waals surface area contributed by atoms with Crippen molar-refractivity contribution in [2.45, 2.75) is 13.3 Å². The van der Waals surface area contributed by atoms with Gasteiger partial charge in [-0.1, -0.05) is 6.92 Å². The van der Waals surface area contributed by atoms with E-state index >= 15 is 0 Å². The minimum Gasteiger partial charge on any atom is -0.439 e. The van der Waals surface area contributed by atoms with Gasteiger partial charge >= 0.3 is 0 Å². The smallest absolute Gasteiger partial charge is 0.219 e. The maximum absolute atomic E-state index is 8.92. The second kappa shape index (κ2) is 5.13. The lowest BCUT2D eigenvalue weighted by Crippen LogP contribution is -1.91. The quantitative estimate of drug-likeness (QED) is 0.803. The van der Waals surface area contributed by atoms with Gasteiger partial charge in [0, 0.05) is 18.3 Å². The molecule has 2 aromatic rings. The van der Waals surface area contributed by atoms with Gasteiger partial charge in [-0.2, -0.15) is 5.26 Å². The van der Waals surface area contributed by atoms with Gasteiger partial charge in [0.15, 0.2) is 0 Å². The van der Waals surface area contributed by atoms with Gasteiger partial charge in [-0.3, -0.25) is 0 Å². The Morgan fingerprint density at radius 2 is 2.29 bits per heavy atom. The van der Waals surface area contributed by atoms with Gasteiger partial charge < -0.3 is 4.74 Å². The molecule has 0 aliphatic rings. The summed E-state index contributed by atoms with van der Waals surface area (Å²) in [6.07, 6.45) is 2.36. The summed E-state index contributed by atoms with van der Waals surface area (Å²) < 4.78 is 5.58. The summed E-state index contributed by atoms with van der Waals surface area (Å²) in [4.78, 5) is 4.03. The zero-order valence-corrected chi connectivity index (χ0v) is 9.47. The Bertz CT molecular complexity index is 544. The molecule has 0 unspecified atom stereocenters. The van der Waals surface area contributed by atoms with E-state index in [2.05, 4.69) is 17.1 Å². The summed E-state index contributed by atoms with van der Waals surface area (Å²) >= 11 is 0. The molecule has 0 fully saturated rings. The molecule has 0 bridgehead atoms. The van der Waals surface area contributed by atoms with Crippen LogP contribution in [0, 0.1) is 17.4 Å². The van der Waals surface area contributed by atoms with Gasteiger partial charge in [0.1, 0.15) is 5.75 Å². The first-order valence-corrected chi connectivity index (χ1v) is 5.36. The molecule has 0 aliphatic carbocycles. The summed E-state index contributed by atoms with van der Waals surface area (Å²) in [6.45, 7) is 2.01. The van der Waals surface area contributed by atoms with Crippen molar-refractivity contribution < 1.29 is 4.74 Å². The third kappa shape index (κ3) is 2.61. The molecule has 0 spiro atoms. The Morgan fingerprint density at radius 1 is 1.41 bits per heavy atom.